The lowest BCUT2D eigenvalue weighted by Crippen LogP contribution is -2.06. The number of rotatable bonds is 10. The molecule has 0 heterocycles. The molecule has 0 aliphatic carbocycles. The molecule has 1 unspecified atom stereocenters. The summed E-state index contributed by atoms with van der Waals surface area (Å²) in [5.41, 5.74) is 0. The molecule has 1 aromatic carbocycles. The average molecular weight is 264 g/mol. The zero-order chi connectivity index (χ0) is 13.1. The van der Waals surface area contributed by atoms with Crippen molar-refractivity contribution >= 4 is 13.2 Å². The average Bonchev–Trinajstić information content (AvgIpc) is 2.42. The Bertz CT molecular complexity index is 281. The van der Waals surface area contributed by atoms with Gasteiger partial charge in [0.1, 0.15) is 0 Å². The molecule has 1 rings (SSSR count). The third-order valence-corrected chi connectivity index (χ3v) is 6.18. The van der Waals surface area contributed by atoms with Gasteiger partial charge in [-0.25, -0.2) is 0 Å². The molecule has 0 aromatic heterocycles. The molecule has 0 radical (unpaired) electrons. The molecule has 1 heteroatoms. The second kappa shape index (κ2) is 10.6. The van der Waals surface area contributed by atoms with Crippen LogP contribution in [0.2, 0.25) is 0 Å². The summed E-state index contributed by atoms with van der Waals surface area (Å²) >= 11 is 0. The van der Waals surface area contributed by atoms with Crippen molar-refractivity contribution < 1.29 is 0 Å². The van der Waals surface area contributed by atoms with E-state index in [0.717, 1.165) is 0 Å². The van der Waals surface area contributed by atoms with E-state index >= 15 is 0 Å². The molecule has 1 atom stereocenters. The van der Waals surface area contributed by atoms with Gasteiger partial charge in [0.05, 0.1) is 0 Å². The predicted octanol–water partition coefficient (Wildman–Crippen LogP) is 5.56. The fourth-order valence-corrected chi connectivity index (χ4v) is 4.84. The highest BCUT2D eigenvalue weighted by Crippen LogP contribution is 2.37. The van der Waals surface area contributed by atoms with Crippen LogP contribution in [-0.4, -0.2) is 12.3 Å². The van der Waals surface area contributed by atoms with Gasteiger partial charge < -0.3 is 0 Å². The zero-order valence-electron chi connectivity index (χ0n) is 12.2. The molecule has 0 bridgehead atoms. The highest BCUT2D eigenvalue weighted by molar-refractivity contribution is 7.65. The number of hydrogen-bond acceptors (Lipinski definition) is 0. The molecule has 0 spiro atoms. The Hall–Kier alpha value is -0.350. The Labute approximate surface area is 115 Å². The maximum atomic E-state index is 2.34. The van der Waals surface area contributed by atoms with E-state index in [1.54, 1.807) is 5.30 Å². The molecule has 0 aliphatic heterocycles. The number of unbranched alkanes of at least 4 members (excludes halogenated alkanes) is 5. The molecule has 0 N–H and O–H groups in total. The molecule has 1 aromatic rings. The second-order valence-electron chi connectivity index (χ2n) is 5.09. The molecule has 0 fully saturated rings. The Morgan fingerprint density at radius 1 is 0.722 bits per heavy atom. The molecule has 0 aliphatic rings. The minimum Gasteiger partial charge on any atom is -0.0753 e. The summed E-state index contributed by atoms with van der Waals surface area (Å²) in [6, 6.07) is 11.2. The van der Waals surface area contributed by atoms with E-state index in [2.05, 4.69) is 44.2 Å². The van der Waals surface area contributed by atoms with E-state index in [-0.39, 0.29) is 7.92 Å². The van der Waals surface area contributed by atoms with Crippen LogP contribution < -0.4 is 5.30 Å². The van der Waals surface area contributed by atoms with Crippen molar-refractivity contribution in [3.05, 3.63) is 30.3 Å². The van der Waals surface area contributed by atoms with Crippen LogP contribution in [0.25, 0.3) is 0 Å². The molecular weight excluding hydrogens is 235 g/mol. The molecular formula is C17H29P. The Morgan fingerprint density at radius 3 is 1.89 bits per heavy atom. The number of benzene rings is 1. The zero-order valence-corrected chi connectivity index (χ0v) is 13.1. The molecule has 0 saturated carbocycles. The van der Waals surface area contributed by atoms with E-state index in [9.17, 15) is 0 Å². The van der Waals surface area contributed by atoms with Crippen molar-refractivity contribution in [1.29, 1.82) is 0 Å². The Kier molecular flexibility index (Phi) is 9.22. The molecule has 18 heavy (non-hydrogen) atoms. The van der Waals surface area contributed by atoms with Crippen LogP contribution >= 0.6 is 7.92 Å². The summed E-state index contributed by atoms with van der Waals surface area (Å²) in [6.07, 6.45) is 12.7. The van der Waals surface area contributed by atoms with Gasteiger partial charge in [-0.15, -0.1) is 0 Å². The van der Waals surface area contributed by atoms with Gasteiger partial charge in [0, 0.05) is 0 Å². The first-order chi connectivity index (χ1) is 8.88. The molecule has 0 nitrogen and oxygen atoms in total. The van der Waals surface area contributed by atoms with Crippen LogP contribution in [0.15, 0.2) is 30.3 Å². The van der Waals surface area contributed by atoms with Gasteiger partial charge in [0.25, 0.3) is 0 Å². The largest absolute Gasteiger partial charge is 0.0753 e. The minimum atomic E-state index is 0.116. The van der Waals surface area contributed by atoms with Crippen molar-refractivity contribution in [2.45, 2.75) is 58.8 Å². The summed E-state index contributed by atoms with van der Waals surface area (Å²) in [7, 11) is 0.116. The van der Waals surface area contributed by atoms with Crippen LogP contribution in [0.5, 0.6) is 0 Å². The van der Waals surface area contributed by atoms with Gasteiger partial charge in [-0.05, 0) is 30.5 Å². The molecule has 102 valence electrons. The first kappa shape index (κ1) is 15.7. The standard InChI is InChI=1S/C17H29P/c1-3-5-7-12-16-18(15-11-6-4-2)17-13-9-8-10-14-17/h8-10,13-14H,3-7,11-12,15-16H2,1-2H3. The lowest BCUT2D eigenvalue weighted by Gasteiger charge is -2.18. The normalized spacial score (nSPS) is 12.6. The summed E-state index contributed by atoms with van der Waals surface area (Å²) in [6.45, 7) is 4.59. The maximum absolute atomic E-state index is 2.34. The van der Waals surface area contributed by atoms with E-state index in [0.29, 0.717) is 0 Å². The molecule has 0 saturated heterocycles. The van der Waals surface area contributed by atoms with E-state index in [1.807, 2.05) is 0 Å². The van der Waals surface area contributed by atoms with Crippen molar-refractivity contribution in [3.63, 3.8) is 0 Å². The predicted molar refractivity (Wildman–Crippen MR) is 86.4 cm³/mol. The van der Waals surface area contributed by atoms with Gasteiger partial charge in [-0.1, -0.05) is 84.2 Å². The topological polar surface area (TPSA) is 0 Å². The highest BCUT2D eigenvalue weighted by atomic mass is 31.1. The van der Waals surface area contributed by atoms with E-state index in [1.165, 1.54) is 57.3 Å². The first-order valence-corrected chi connectivity index (χ1v) is 9.39. The summed E-state index contributed by atoms with van der Waals surface area (Å²) in [4.78, 5) is 0. The third kappa shape index (κ3) is 6.55. The monoisotopic (exact) mass is 264 g/mol. The fourth-order valence-electron chi connectivity index (χ4n) is 2.29. The SMILES string of the molecule is CCCCCCP(CCCCC)c1ccccc1. The quantitative estimate of drug-likeness (QED) is 0.383. The lowest BCUT2D eigenvalue weighted by molar-refractivity contribution is 0.704. The highest BCUT2D eigenvalue weighted by Gasteiger charge is 2.09. The first-order valence-electron chi connectivity index (χ1n) is 7.68. The minimum absolute atomic E-state index is 0.116. The van der Waals surface area contributed by atoms with Crippen LogP contribution in [0.4, 0.5) is 0 Å². The second-order valence-corrected chi connectivity index (χ2v) is 7.58. The smallest absolute Gasteiger partial charge is 0.0240 e. The third-order valence-electron chi connectivity index (χ3n) is 3.43. The maximum Gasteiger partial charge on any atom is -0.0240 e. The van der Waals surface area contributed by atoms with Gasteiger partial charge in [0.15, 0.2) is 0 Å². The van der Waals surface area contributed by atoms with Crippen molar-refractivity contribution in [2.24, 2.45) is 0 Å². The van der Waals surface area contributed by atoms with Crippen LogP contribution in [0.1, 0.15) is 58.8 Å². The van der Waals surface area contributed by atoms with Crippen LogP contribution in [-0.2, 0) is 0 Å². The van der Waals surface area contributed by atoms with Gasteiger partial charge >= 0.3 is 0 Å². The lowest BCUT2D eigenvalue weighted by atomic mass is 10.2. The van der Waals surface area contributed by atoms with Crippen LogP contribution in [0, 0.1) is 0 Å². The Morgan fingerprint density at radius 2 is 1.28 bits per heavy atom. The number of hydrogen-bond donors (Lipinski definition) is 0. The molecule has 0 amide bonds. The van der Waals surface area contributed by atoms with Crippen molar-refractivity contribution in [1.82, 2.24) is 0 Å². The van der Waals surface area contributed by atoms with Gasteiger partial charge in [0.2, 0.25) is 0 Å². The summed E-state index contributed by atoms with van der Waals surface area (Å²) < 4.78 is 0. The van der Waals surface area contributed by atoms with Crippen molar-refractivity contribution in [3.8, 4) is 0 Å². The Balaban J connectivity index is 2.42. The van der Waals surface area contributed by atoms with E-state index < -0.39 is 0 Å². The van der Waals surface area contributed by atoms with Crippen molar-refractivity contribution in [2.75, 3.05) is 12.3 Å². The van der Waals surface area contributed by atoms with Gasteiger partial charge in [-0.3, -0.25) is 0 Å². The fraction of sp³-hybridized carbons (Fsp3) is 0.647. The summed E-state index contributed by atoms with van der Waals surface area (Å²) in [5.74, 6) is 0. The van der Waals surface area contributed by atoms with Crippen LogP contribution in [0.3, 0.4) is 0 Å². The summed E-state index contributed by atoms with van der Waals surface area (Å²) in [5, 5.41) is 1.63. The van der Waals surface area contributed by atoms with E-state index in [4.69, 9.17) is 0 Å². The van der Waals surface area contributed by atoms with Gasteiger partial charge in [-0.2, -0.15) is 0 Å².